The highest BCUT2D eigenvalue weighted by molar-refractivity contribution is 6.66. The number of hydrogen-bond donors (Lipinski definition) is 0. The maximum absolute atomic E-state index is 11.0. The molecule has 0 aliphatic rings. The van der Waals surface area contributed by atoms with Gasteiger partial charge in [-0.2, -0.15) is 0 Å². The second-order valence-electron chi connectivity index (χ2n) is 4.67. The molecular weight excluding hydrogens is 208 g/mol. The highest BCUT2D eigenvalue weighted by Gasteiger charge is 2.33. The Labute approximate surface area is 94.4 Å². The summed E-state index contributed by atoms with van der Waals surface area (Å²) in [4.78, 5) is 11.0. The molecule has 0 atom stereocenters. The predicted molar refractivity (Wildman–Crippen MR) is 64.2 cm³/mol. The molecule has 15 heavy (non-hydrogen) atoms. The van der Waals surface area contributed by atoms with E-state index < -0.39 is 8.56 Å². The standard InChI is InChI=1S/C11H24O3Si/c1-9(2)13-15(6,14-10(3)4)8-7-11(5)12/h9-10H,7-8H2,1-6H3. The number of hydrogen-bond acceptors (Lipinski definition) is 3. The van der Waals surface area contributed by atoms with Crippen LogP contribution in [0.4, 0.5) is 0 Å². The van der Waals surface area contributed by atoms with Gasteiger partial charge in [-0.25, -0.2) is 0 Å². The van der Waals surface area contributed by atoms with Gasteiger partial charge < -0.3 is 13.6 Å². The topological polar surface area (TPSA) is 35.5 Å². The molecule has 0 spiro atoms. The molecule has 0 aliphatic carbocycles. The largest absolute Gasteiger partial charge is 0.392 e. The molecule has 90 valence electrons. The van der Waals surface area contributed by atoms with Crippen LogP contribution in [0.2, 0.25) is 12.6 Å². The van der Waals surface area contributed by atoms with Crippen LogP contribution in [0.5, 0.6) is 0 Å². The Kier molecular flexibility index (Phi) is 6.32. The fraction of sp³-hybridized carbons (Fsp3) is 0.909. The Hall–Kier alpha value is -0.193. The lowest BCUT2D eigenvalue weighted by Crippen LogP contribution is -2.43. The Morgan fingerprint density at radius 1 is 1.13 bits per heavy atom. The Morgan fingerprint density at radius 2 is 1.53 bits per heavy atom. The normalized spacial score (nSPS) is 12.5. The van der Waals surface area contributed by atoms with E-state index >= 15 is 0 Å². The minimum atomic E-state index is -2.16. The van der Waals surface area contributed by atoms with E-state index in [1.165, 1.54) is 0 Å². The van der Waals surface area contributed by atoms with Crippen LogP contribution in [0.15, 0.2) is 0 Å². The Morgan fingerprint density at radius 3 is 1.80 bits per heavy atom. The van der Waals surface area contributed by atoms with Gasteiger partial charge in [0.25, 0.3) is 0 Å². The lowest BCUT2D eigenvalue weighted by Gasteiger charge is -2.30. The minimum absolute atomic E-state index is 0.160. The molecule has 3 nitrogen and oxygen atoms in total. The van der Waals surface area contributed by atoms with E-state index in [2.05, 4.69) is 0 Å². The first-order valence-corrected chi connectivity index (χ1v) is 8.12. The van der Waals surface area contributed by atoms with Crippen molar-refractivity contribution in [2.75, 3.05) is 0 Å². The van der Waals surface area contributed by atoms with Gasteiger partial charge in [-0.05, 0) is 47.2 Å². The van der Waals surface area contributed by atoms with Crippen molar-refractivity contribution in [1.29, 1.82) is 0 Å². The maximum Gasteiger partial charge on any atom is 0.335 e. The van der Waals surface area contributed by atoms with Crippen LogP contribution in [-0.2, 0) is 13.6 Å². The second-order valence-corrected chi connectivity index (χ2v) is 7.91. The van der Waals surface area contributed by atoms with Gasteiger partial charge in [-0.3, -0.25) is 0 Å². The Balaban J connectivity index is 4.32. The first kappa shape index (κ1) is 14.8. The third-order valence-corrected chi connectivity index (χ3v) is 5.00. The summed E-state index contributed by atoms with van der Waals surface area (Å²) in [7, 11) is -2.16. The van der Waals surface area contributed by atoms with E-state index in [1.54, 1.807) is 6.92 Å². The summed E-state index contributed by atoms with van der Waals surface area (Å²) in [6.07, 6.45) is 0.877. The van der Waals surface area contributed by atoms with Crippen LogP contribution in [0.25, 0.3) is 0 Å². The molecule has 0 aromatic carbocycles. The number of carbonyl (C=O) groups is 1. The van der Waals surface area contributed by atoms with Gasteiger partial charge in [0, 0.05) is 18.6 Å². The summed E-state index contributed by atoms with van der Waals surface area (Å²) in [5.74, 6) is 0.202. The third-order valence-electron chi connectivity index (χ3n) is 1.90. The summed E-state index contributed by atoms with van der Waals surface area (Å²) in [5.41, 5.74) is 0. The molecule has 0 unspecified atom stereocenters. The molecule has 0 bridgehead atoms. The van der Waals surface area contributed by atoms with Gasteiger partial charge in [0.1, 0.15) is 5.78 Å². The molecule has 0 N–H and O–H groups in total. The van der Waals surface area contributed by atoms with Crippen LogP contribution >= 0.6 is 0 Å². The SMILES string of the molecule is CC(=O)CC[Si](C)(OC(C)C)OC(C)C. The first-order chi connectivity index (χ1) is 6.75. The van der Waals surface area contributed by atoms with E-state index in [1.807, 2.05) is 34.2 Å². The maximum atomic E-state index is 11.0. The van der Waals surface area contributed by atoms with Gasteiger partial charge in [0.2, 0.25) is 0 Å². The smallest absolute Gasteiger partial charge is 0.335 e. The lowest BCUT2D eigenvalue weighted by atomic mass is 10.4. The molecule has 0 aromatic rings. The molecule has 0 aliphatic heterocycles. The second kappa shape index (κ2) is 6.40. The van der Waals surface area contributed by atoms with Crippen LogP contribution in [0.1, 0.15) is 41.0 Å². The molecule has 0 heterocycles. The summed E-state index contributed by atoms with van der Waals surface area (Å²) < 4.78 is 11.7. The van der Waals surface area contributed by atoms with Gasteiger partial charge in [-0.15, -0.1) is 0 Å². The molecule has 0 rings (SSSR count). The molecular formula is C11H24O3Si. The molecule has 0 aromatic heterocycles. The summed E-state index contributed by atoms with van der Waals surface area (Å²) in [6.45, 7) is 11.7. The van der Waals surface area contributed by atoms with E-state index in [0.717, 1.165) is 6.04 Å². The fourth-order valence-electron chi connectivity index (χ4n) is 1.55. The summed E-state index contributed by atoms with van der Waals surface area (Å²) in [5, 5.41) is 0. The van der Waals surface area contributed by atoms with Crippen molar-refractivity contribution in [3.05, 3.63) is 0 Å². The molecule has 0 saturated carbocycles. The zero-order valence-electron chi connectivity index (χ0n) is 10.8. The summed E-state index contributed by atoms with van der Waals surface area (Å²) in [6, 6.07) is 0.749. The fourth-order valence-corrected chi connectivity index (χ4v) is 4.64. The molecule has 0 amide bonds. The van der Waals surface area contributed by atoms with Crippen molar-refractivity contribution in [1.82, 2.24) is 0 Å². The van der Waals surface area contributed by atoms with Crippen molar-refractivity contribution in [2.45, 2.75) is 65.8 Å². The van der Waals surface area contributed by atoms with Crippen molar-refractivity contribution >= 4 is 14.3 Å². The number of Topliss-reactive ketones (excluding diaryl/α,β-unsaturated/α-hetero) is 1. The van der Waals surface area contributed by atoms with Gasteiger partial charge >= 0.3 is 8.56 Å². The average molecular weight is 232 g/mol. The highest BCUT2D eigenvalue weighted by Crippen LogP contribution is 2.20. The number of ketones is 1. The minimum Gasteiger partial charge on any atom is -0.392 e. The first-order valence-electron chi connectivity index (χ1n) is 5.60. The van der Waals surface area contributed by atoms with Crippen molar-refractivity contribution in [3.8, 4) is 0 Å². The van der Waals surface area contributed by atoms with Gasteiger partial charge in [0.05, 0.1) is 0 Å². The van der Waals surface area contributed by atoms with Crippen molar-refractivity contribution in [2.24, 2.45) is 0 Å². The van der Waals surface area contributed by atoms with E-state index in [-0.39, 0.29) is 18.0 Å². The molecule has 0 radical (unpaired) electrons. The molecule has 0 saturated heterocycles. The predicted octanol–water partition coefficient (Wildman–Crippen LogP) is 2.89. The molecule has 4 heteroatoms. The van der Waals surface area contributed by atoms with Gasteiger partial charge in [0.15, 0.2) is 0 Å². The van der Waals surface area contributed by atoms with Crippen molar-refractivity contribution < 1.29 is 13.6 Å². The van der Waals surface area contributed by atoms with Crippen LogP contribution in [-0.4, -0.2) is 26.6 Å². The van der Waals surface area contributed by atoms with Crippen molar-refractivity contribution in [3.63, 3.8) is 0 Å². The highest BCUT2D eigenvalue weighted by atomic mass is 28.4. The zero-order chi connectivity index (χ0) is 12.1. The summed E-state index contributed by atoms with van der Waals surface area (Å²) >= 11 is 0. The Bertz CT molecular complexity index is 192. The molecule has 0 fully saturated rings. The van der Waals surface area contributed by atoms with Crippen LogP contribution < -0.4 is 0 Å². The lowest BCUT2D eigenvalue weighted by molar-refractivity contribution is -0.116. The van der Waals surface area contributed by atoms with E-state index in [0.29, 0.717) is 6.42 Å². The average Bonchev–Trinajstić information content (AvgIpc) is 1.97. The van der Waals surface area contributed by atoms with Crippen LogP contribution in [0, 0.1) is 0 Å². The third kappa shape index (κ3) is 7.70. The number of rotatable bonds is 7. The van der Waals surface area contributed by atoms with Gasteiger partial charge in [-0.1, -0.05) is 0 Å². The quantitative estimate of drug-likeness (QED) is 0.633. The number of carbonyl (C=O) groups excluding carboxylic acids is 1. The monoisotopic (exact) mass is 232 g/mol. The van der Waals surface area contributed by atoms with E-state index in [4.69, 9.17) is 8.85 Å². The zero-order valence-corrected chi connectivity index (χ0v) is 11.8. The van der Waals surface area contributed by atoms with Crippen LogP contribution in [0.3, 0.4) is 0 Å². The van der Waals surface area contributed by atoms with E-state index in [9.17, 15) is 4.79 Å².